The predicted octanol–water partition coefficient (Wildman–Crippen LogP) is 2.52. The first-order chi connectivity index (χ1) is 14.1. The Morgan fingerprint density at radius 1 is 0.724 bits per heavy atom. The Kier molecular flexibility index (Phi) is 6.22. The molecule has 0 aliphatic rings. The third-order valence-electron chi connectivity index (χ3n) is 4.06. The zero-order valence-electron chi connectivity index (χ0n) is 15.3. The molecule has 0 aliphatic carbocycles. The molecule has 3 rings (SSSR count). The van der Waals surface area contributed by atoms with E-state index in [0.717, 1.165) is 0 Å². The van der Waals surface area contributed by atoms with E-state index in [1.165, 1.54) is 36.7 Å². The Hall–Kier alpha value is -4.13. The number of hydrogen-bond acceptors (Lipinski definition) is 5. The van der Waals surface area contributed by atoms with Crippen molar-refractivity contribution >= 4 is 29.1 Å². The molecule has 2 aromatic carbocycles. The molecule has 1 aromatic heterocycles. The second-order valence-electron chi connectivity index (χ2n) is 6.04. The topological polar surface area (TPSA) is 105 Å². The molecular formula is C22H17N3O4. The van der Waals surface area contributed by atoms with Gasteiger partial charge in [0.05, 0.1) is 12.2 Å². The van der Waals surface area contributed by atoms with Gasteiger partial charge in [0.2, 0.25) is 11.6 Å². The van der Waals surface area contributed by atoms with Gasteiger partial charge in [-0.25, -0.2) is 0 Å². The highest BCUT2D eigenvalue weighted by atomic mass is 16.2. The van der Waals surface area contributed by atoms with E-state index >= 15 is 0 Å². The minimum Gasteiger partial charge on any atom is -0.344 e. The van der Waals surface area contributed by atoms with Crippen LogP contribution in [0.1, 0.15) is 31.1 Å². The van der Waals surface area contributed by atoms with Gasteiger partial charge in [-0.2, -0.15) is 0 Å². The summed E-state index contributed by atoms with van der Waals surface area (Å²) in [5, 5.41) is 5.06. The SMILES string of the molecule is O=C(CNC(=O)c1ccncc1)C(=O)c1ccccc1NC(=O)c1ccccc1. The lowest BCUT2D eigenvalue weighted by molar-refractivity contribution is -0.114. The average molecular weight is 387 g/mol. The van der Waals surface area contributed by atoms with E-state index in [-0.39, 0.29) is 11.3 Å². The fourth-order valence-electron chi connectivity index (χ4n) is 2.57. The molecule has 7 nitrogen and oxygen atoms in total. The fourth-order valence-corrected chi connectivity index (χ4v) is 2.57. The number of Topliss-reactive ketones (excluding diaryl/α,β-unsaturated/α-hetero) is 2. The van der Waals surface area contributed by atoms with E-state index in [9.17, 15) is 19.2 Å². The molecule has 0 unspecified atom stereocenters. The maximum atomic E-state index is 12.6. The smallest absolute Gasteiger partial charge is 0.255 e. The van der Waals surface area contributed by atoms with Crippen LogP contribution in [0.2, 0.25) is 0 Å². The summed E-state index contributed by atoms with van der Waals surface area (Å²) in [6.07, 6.45) is 2.90. The zero-order valence-corrected chi connectivity index (χ0v) is 15.3. The number of carbonyl (C=O) groups is 4. The van der Waals surface area contributed by atoms with Crippen molar-refractivity contribution in [3.63, 3.8) is 0 Å². The molecule has 0 radical (unpaired) electrons. The highest BCUT2D eigenvalue weighted by Gasteiger charge is 2.21. The van der Waals surface area contributed by atoms with Crippen LogP contribution in [0.5, 0.6) is 0 Å². The summed E-state index contributed by atoms with van der Waals surface area (Å²) in [7, 11) is 0. The number of benzene rings is 2. The Labute approximate surface area is 166 Å². The van der Waals surface area contributed by atoms with E-state index in [1.54, 1.807) is 42.5 Å². The first-order valence-electron chi connectivity index (χ1n) is 8.77. The van der Waals surface area contributed by atoms with E-state index in [4.69, 9.17) is 0 Å². The quantitative estimate of drug-likeness (QED) is 0.479. The molecule has 0 atom stereocenters. The largest absolute Gasteiger partial charge is 0.344 e. The van der Waals surface area contributed by atoms with Gasteiger partial charge in [0.15, 0.2) is 0 Å². The van der Waals surface area contributed by atoms with Crippen molar-refractivity contribution in [2.24, 2.45) is 0 Å². The highest BCUT2D eigenvalue weighted by molar-refractivity contribution is 6.45. The van der Waals surface area contributed by atoms with Gasteiger partial charge in [-0.1, -0.05) is 30.3 Å². The number of ketones is 2. The van der Waals surface area contributed by atoms with Crippen LogP contribution < -0.4 is 10.6 Å². The van der Waals surface area contributed by atoms with Gasteiger partial charge < -0.3 is 10.6 Å². The monoisotopic (exact) mass is 387 g/mol. The van der Waals surface area contributed by atoms with Crippen LogP contribution in [-0.4, -0.2) is 34.9 Å². The third kappa shape index (κ3) is 4.98. The Balaban J connectivity index is 1.68. The second-order valence-corrected chi connectivity index (χ2v) is 6.04. The highest BCUT2D eigenvalue weighted by Crippen LogP contribution is 2.17. The van der Waals surface area contributed by atoms with Gasteiger partial charge in [-0.15, -0.1) is 0 Å². The molecule has 1 heterocycles. The standard InChI is InChI=1S/C22H17N3O4/c26-19(14-24-21(28)16-10-12-23-13-11-16)20(27)17-8-4-5-9-18(17)25-22(29)15-6-2-1-3-7-15/h1-13H,14H2,(H,24,28)(H,25,29). The maximum Gasteiger partial charge on any atom is 0.255 e. The van der Waals surface area contributed by atoms with Gasteiger partial charge in [0, 0.05) is 29.1 Å². The van der Waals surface area contributed by atoms with Gasteiger partial charge in [-0.05, 0) is 36.4 Å². The lowest BCUT2D eigenvalue weighted by atomic mass is 10.0. The molecule has 29 heavy (non-hydrogen) atoms. The van der Waals surface area contributed by atoms with E-state index in [0.29, 0.717) is 11.1 Å². The van der Waals surface area contributed by atoms with Gasteiger partial charge in [0.25, 0.3) is 11.8 Å². The summed E-state index contributed by atoms with van der Waals surface area (Å²) in [4.78, 5) is 53.1. The molecule has 0 spiro atoms. The van der Waals surface area contributed by atoms with Gasteiger partial charge in [0.1, 0.15) is 0 Å². The van der Waals surface area contributed by atoms with Crippen LogP contribution in [0.3, 0.4) is 0 Å². The van der Waals surface area contributed by atoms with Crippen LogP contribution in [0.25, 0.3) is 0 Å². The third-order valence-corrected chi connectivity index (χ3v) is 4.06. The second kappa shape index (κ2) is 9.18. The van der Waals surface area contributed by atoms with Crippen molar-refractivity contribution < 1.29 is 19.2 Å². The van der Waals surface area contributed by atoms with Crippen molar-refractivity contribution in [1.29, 1.82) is 0 Å². The molecule has 0 bridgehead atoms. The molecule has 0 saturated carbocycles. The van der Waals surface area contributed by atoms with Crippen LogP contribution in [0.4, 0.5) is 5.69 Å². The van der Waals surface area contributed by atoms with Gasteiger partial charge in [-0.3, -0.25) is 24.2 Å². The Morgan fingerprint density at radius 3 is 2.07 bits per heavy atom. The van der Waals surface area contributed by atoms with Crippen molar-refractivity contribution in [1.82, 2.24) is 10.3 Å². The van der Waals surface area contributed by atoms with Gasteiger partial charge >= 0.3 is 0 Å². The number of aromatic nitrogens is 1. The molecule has 144 valence electrons. The van der Waals surface area contributed by atoms with E-state index in [1.807, 2.05) is 0 Å². The summed E-state index contributed by atoms with van der Waals surface area (Å²) >= 11 is 0. The van der Waals surface area contributed by atoms with E-state index < -0.39 is 29.9 Å². The van der Waals surface area contributed by atoms with Crippen molar-refractivity contribution in [3.05, 3.63) is 95.8 Å². The van der Waals surface area contributed by atoms with Crippen LogP contribution in [-0.2, 0) is 4.79 Å². The molecule has 2 N–H and O–H groups in total. The molecule has 0 saturated heterocycles. The van der Waals surface area contributed by atoms with Crippen LogP contribution in [0.15, 0.2) is 79.1 Å². The number of anilines is 1. The number of nitrogens with one attached hydrogen (secondary N) is 2. The normalized spacial score (nSPS) is 10.1. The molecule has 0 fully saturated rings. The number of pyridine rings is 1. The van der Waals surface area contributed by atoms with Crippen molar-refractivity contribution in [2.75, 3.05) is 11.9 Å². The van der Waals surface area contributed by atoms with Crippen LogP contribution in [0, 0.1) is 0 Å². The Bertz CT molecular complexity index is 1050. The number of carbonyl (C=O) groups excluding carboxylic acids is 4. The maximum absolute atomic E-state index is 12.6. The molecule has 3 aromatic rings. The first kappa shape index (κ1) is 19.6. The predicted molar refractivity (Wildman–Crippen MR) is 107 cm³/mol. The van der Waals surface area contributed by atoms with Crippen LogP contribution >= 0.6 is 0 Å². The Morgan fingerprint density at radius 2 is 1.34 bits per heavy atom. The minimum absolute atomic E-state index is 0.0555. The van der Waals surface area contributed by atoms with E-state index in [2.05, 4.69) is 15.6 Å². The van der Waals surface area contributed by atoms with Crippen molar-refractivity contribution in [2.45, 2.75) is 0 Å². The fraction of sp³-hybridized carbons (Fsp3) is 0.0455. The summed E-state index contributed by atoms with van der Waals surface area (Å²) in [5.41, 5.74) is 1.03. The molecule has 0 aliphatic heterocycles. The summed E-state index contributed by atoms with van der Waals surface area (Å²) in [5.74, 6) is -2.48. The number of para-hydroxylation sites is 1. The number of rotatable bonds is 7. The summed E-state index contributed by atoms with van der Waals surface area (Å²) in [6, 6.07) is 17.7. The summed E-state index contributed by atoms with van der Waals surface area (Å²) in [6.45, 7) is -0.457. The first-order valence-corrected chi connectivity index (χ1v) is 8.77. The number of nitrogens with zero attached hydrogens (tertiary/aromatic N) is 1. The number of amides is 2. The summed E-state index contributed by atoms with van der Waals surface area (Å²) < 4.78 is 0. The lowest BCUT2D eigenvalue weighted by Crippen LogP contribution is -2.33. The molecule has 2 amide bonds. The van der Waals surface area contributed by atoms with Crippen molar-refractivity contribution in [3.8, 4) is 0 Å². The molecular weight excluding hydrogens is 370 g/mol. The number of hydrogen-bond donors (Lipinski definition) is 2. The minimum atomic E-state index is -0.802. The zero-order chi connectivity index (χ0) is 20.6. The average Bonchev–Trinajstić information content (AvgIpc) is 2.78. The lowest BCUT2D eigenvalue weighted by Gasteiger charge is -2.10. The molecule has 7 heteroatoms.